The number of ether oxygens (including phenoxy) is 2. The molecule has 0 atom stereocenters. The Kier molecular flexibility index (Phi) is 3.05. The molecule has 1 aromatic carbocycles. The van der Waals surface area contributed by atoms with E-state index in [9.17, 15) is 0 Å². The van der Waals surface area contributed by atoms with E-state index >= 15 is 0 Å². The average molecular weight is 220 g/mol. The molecule has 2 rings (SSSR count). The summed E-state index contributed by atoms with van der Waals surface area (Å²) in [4.78, 5) is 0. The Morgan fingerprint density at radius 2 is 2.00 bits per heavy atom. The lowest BCUT2D eigenvalue weighted by Gasteiger charge is -2.08. The van der Waals surface area contributed by atoms with Crippen molar-refractivity contribution in [3.8, 4) is 11.5 Å². The first-order valence-corrected chi connectivity index (χ1v) is 4.79. The van der Waals surface area contributed by atoms with Crippen LogP contribution in [0.3, 0.4) is 0 Å². The minimum atomic E-state index is 0.576. The van der Waals surface area contributed by atoms with Crippen LogP contribution in [0.2, 0.25) is 0 Å². The van der Waals surface area contributed by atoms with Crippen molar-refractivity contribution in [2.45, 2.75) is 6.42 Å². The molecule has 84 valence electrons. The maximum atomic E-state index is 5.20. The predicted octanol–water partition coefficient (Wildman–Crippen LogP) is 1.68. The Bertz CT molecular complexity index is 454. The van der Waals surface area contributed by atoms with Crippen molar-refractivity contribution in [3.63, 3.8) is 0 Å². The first-order valence-electron chi connectivity index (χ1n) is 4.79. The molecule has 0 aliphatic carbocycles. The van der Waals surface area contributed by atoms with Gasteiger partial charge in [-0.1, -0.05) is 6.07 Å². The Labute approximate surface area is 93.0 Å². The molecule has 2 aromatic rings. The summed E-state index contributed by atoms with van der Waals surface area (Å²) in [5.74, 6) is 1.98. The zero-order valence-electron chi connectivity index (χ0n) is 9.14. The number of hydrogen-bond donors (Lipinski definition) is 0. The fraction of sp³-hybridized carbons (Fsp3) is 0.273. The van der Waals surface area contributed by atoms with E-state index in [4.69, 9.17) is 13.9 Å². The number of aromatic nitrogens is 2. The molecule has 16 heavy (non-hydrogen) atoms. The Morgan fingerprint density at radius 3 is 2.62 bits per heavy atom. The van der Waals surface area contributed by atoms with Crippen LogP contribution >= 0.6 is 0 Å². The maximum Gasteiger partial charge on any atom is 0.220 e. The molecule has 1 aromatic heterocycles. The second-order valence-electron chi connectivity index (χ2n) is 3.20. The van der Waals surface area contributed by atoms with E-state index in [2.05, 4.69) is 10.2 Å². The van der Waals surface area contributed by atoms with Gasteiger partial charge in [0.25, 0.3) is 0 Å². The molecular formula is C11H12N2O3. The van der Waals surface area contributed by atoms with Crippen molar-refractivity contribution in [3.05, 3.63) is 36.0 Å². The van der Waals surface area contributed by atoms with Gasteiger partial charge < -0.3 is 13.9 Å². The van der Waals surface area contributed by atoms with E-state index in [-0.39, 0.29) is 0 Å². The van der Waals surface area contributed by atoms with Crippen LogP contribution in [0.25, 0.3) is 0 Å². The SMILES string of the molecule is COc1ccc(Cc2nnco2)cc1OC. The van der Waals surface area contributed by atoms with Gasteiger partial charge in [0.05, 0.1) is 20.6 Å². The smallest absolute Gasteiger partial charge is 0.220 e. The predicted molar refractivity (Wildman–Crippen MR) is 56.7 cm³/mol. The highest BCUT2D eigenvalue weighted by Crippen LogP contribution is 2.28. The summed E-state index contributed by atoms with van der Waals surface area (Å²) >= 11 is 0. The number of methoxy groups -OCH3 is 2. The molecule has 5 nitrogen and oxygen atoms in total. The zero-order chi connectivity index (χ0) is 11.4. The van der Waals surface area contributed by atoms with Gasteiger partial charge in [0.15, 0.2) is 11.5 Å². The largest absolute Gasteiger partial charge is 0.493 e. The topological polar surface area (TPSA) is 57.4 Å². The highest BCUT2D eigenvalue weighted by molar-refractivity contribution is 5.43. The van der Waals surface area contributed by atoms with Gasteiger partial charge in [-0.15, -0.1) is 10.2 Å². The van der Waals surface area contributed by atoms with Crippen LogP contribution in [-0.2, 0) is 6.42 Å². The molecule has 0 unspecified atom stereocenters. The first-order chi connectivity index (χ1) is 7.83. The molecule has 0 fully saturated rings. The van der Waals surface area contributed by atoms with Crippen molar-refractivity contribution >= 4 is 0 Å². The molecular weight excluding hydrogens is 208 g/mol. The average Bonchev–Trinajstić information content (AvgIpc) is 2.81. The number of rotatable bonds is 4. The second-order valence-corrected chi connectivity index (χ2v) is 3.20. The van der Waals surface area contributed by atoms with Crippen LogP contribution in [0.15, 0.2) is 29.0 Å². The van der Waals surface area contributed by atoms with Crippen molar-refractivity contribution in [2.75, 3.05) is 14.2 Å². The fourth-order valence-electron chi connectivity index (χ4n) is 1.44. The van der Waals surface area contributed by atoms with Crippen LogP contribution in [0.5, 0.6) is 11.5 Å². The minimum absolute atomic E-state index is 0.576. The molecule has 0 saturated heterocycles. The standard InChI is InChI=1S/C11H12N2O3/c1-14-9-4-3-8(5-10(9)15-2)6-11-13-12-7-16-11/h3-5,7H,6H2,1-2H3. The lowest BCUT2D eigenvalue weighted by molar-refractivity contribution is 0.354. The monoisotopic (exact) mass is 220 g/mol. The molecule has 0 aliphatic heterocycles. The third-order valence-corrected chi connectivity index (χ3v) is 2.21. The lowest BCUT2D eigenvalue weighted by atomic mass is 10.1. The maximum absolute atomic E-state index is 5.20. The number of benzene rings is 1. The summed E-state index contributed by atoms with van der Waals surface area (Å²) in [6.07, 6.45) is 1.90. The fourth-order valence-corrected chi connectivity index (χ4v) is 1.44. The van der Waals surface area contributed by atoms with Crippen molar-refractivity contribution in [1.29, 1.82) is 0 Å². The Balaban J connectivity index is 2.22. The summed E-state index contributed by atoms with van der Waals surface area (Å²) in [5, 5.41) is 7.44. The van der Waals surface area contributed by atoms with Crippen molar-refractivity contribution in [1.82, 2.24) is 10.2 Å². The molecule has 0 bridgehead atoms. The van der Waals surface area contributed by atoms with Crippen LogP contribution in [0.4, 0.5) is 0 Å². The zero-order valence-corrected chi connectivity index (χ0v) is 9.14. The summed E-state index contributed by atoms with van der Waals surface area (Å²) < 4.78 is 15.4. The van der Waals surface area contributed by atoms with Gasteiger partial charge in [-0.3, -0.25) is 0 Å². The molecule has 0 amide bonds. The van der Waals surface area contributed by atoms with Gasteiger partial charge in [0.2, 0.25) is 12.3 Å². The third-order valence-electron chi connectivity index (χ3n) is 2.21. The summed E-state index contributed by atoms with van der Waals surface area (Å²) in [5.41, 5.74) is 1.03. The quantitative estimate of drug-likeness (QED) is 0.784. The minimum Gasteiger partial charge on any atom is -0.493 e. The number of nitrogens with zero attached hydrogens (tertiary/aromatic N) is 2. The van der Waals surface area contributed by atoms with E-state index in [0.717, 1.165) is 5.56 Å². The van der Waals surface area contributed by atoms with E-state index < -0.39 is 0 Å². The van der Waals surface area contributed by atoms with Gasteiger partial charge >= 0.3 is 0 Å². The van der Waals surface area contributed by atoms with E-state index in [0.29, 0.717) is 23.8 Å². The highest BCUT2D eigenvalue weighted by Gasteiger charge is 2.07. The molecule has 0 radical (unpaired) electrons. The highest BCUT2D eigenvalue weighted by atomic mass is 16.5. The van der Waals surface area contributed by atoms with Gasteiger partial charge in [-0.05, 0) is 17.7 Å². The Hall–Kier alpha value is -2.04. The summed E-state index contributed by atoms with van der Waals surface area (Å²) in [6.45, 7) is 0. The van der Waals surface area contributed by atoms with Gasteiger partial charge in [-0.2, -0.15) is 0 Å². The van der Waals surface area contributed by atoms with Gasteiger partial charge in [0.1, 0.15) is 0 Å². The normalized spacial score (nSPS) is 10.1. The molecule has 5 heteroatoms. The third kappa shape index (κ3) is 2.13. The first kappa shape index (κ1) is 10.5. The second kappa shape index (κ2) is 4.65. The summed E-state index contributed by atoms with van der Waals surface area (Å²) in [6, 6.07) is 5.68. The molecule has 0 spiro atoms. The molecule has 0 aliphatic rings. The van der Waals surface area contributed by atoms with Crippen LogP contribution in [-0.4, -0.2) is 24.4 Å². The Morgan fingerprint density at radius 1 is 1.19 bits per heavy atom. The molecule has 0 saturated carbocycles. The van der Waals surface area contributed by atoms with Crippen molar-refractivity contribution < 1.29 is 13.9 Å². The van der Waals surface area contributed by atoms with Crippen LogP contribution < -0.4 is 9.47 Å². The summed E-state index contributed by atoms with van der Waals surface area (Å²) in [7, 11) is 3.21. The van der Waals surface area contributed by atoms with Crippen LogP contribution in [0.1, 0.15) is 11.5 Å². The van der Waals surface area contributed by atoms with Crippen molar-refractivity contribution in [2.24, 2.45) is 0 Å². The van der Waals surface area contributed by atoms with Crippen LogP contribution in [0, 0.1) is 0 Å². The van der Waals surface area contributed by atoms with Gasteiger partial charge in [-0.25, -0.2) is 0 Å². The van der Waals surface area contributed by atoms with E-state index in [1.54, 1.807) is 14.2 Å². The molecule has 1 heterocycles. The van der Waals surface area contributed by atoms with E-state index in [1.165, 1.54) is 6.39 Å². The van der Waals surface area contributed by atoms with E-state index in [1.807, 2.05) is 18.2 Å². The van der Waals surface area contributed by atoms with Gasteiger partial charge in [0, 0.05) is 0 Å². The number of hydrogen-bond acceptors (Lipinski definition) is 5. The molecule has 0 N–H and O–H groups in total. The lowest BCUT2D eigenvalue weighted by Crippen LogP contribution is -1.94.